The number of nitrogen functional groups attached to an aromatic ring is 1. The van der Waals surface area contributed by atoms with Crippen LogP contribution in [0.15, 0.2) is 45.8 Å². The molecule has 0 aliphatic carbocycles. The molecule has 2 aromatic carbocycles. The fourth-order valence-electron chi connectivity index (χ4n) is 1.58. The minimum Gasteiger partial charge on any atom is -0.398 e. The molecule has 0 aliphatic heterocycles. The van der Waals surface area contributed by atoms with Gasteiger partial charge in [-0.3, -0.25) is 0 Å². The quantitative estimate of drug-likeness (QED) is 0.606. The van der Waals surface area contributed by atoms with Crippen molar-refractivity contribution in [3.63, 3.8) is 0 Å². The zero-order valence-corrected chi connectivity index (χ0v) is 13.1. The van der Waals surface area contributed by atoms with Crippen LogP contribution in [0.2, 0.25) is 5.02 Å². The van der Waals surface area contributed by atoms with Crippen LogP contribution in [-0.4, -0.2) is 0 Å². The summed E-state index contributed by atoms with van der Waals surface area (Å²) < 4.78 is 0.998. The average molecular weight is 343 g/mol. The van der Waals surface area contributed by atoms with Gasteiger partial charge in [0.2, 0.25) is 0 Å². The van der Waals surface area contributed by atoms with Crippen LogP contribution in [0, 0.1) is 6.92 Å². The van der Waals surface area contributed by atoms with Crippen molar-refractivity contribution in [2.24, 2.45) is 0 Å². The summed E-state index contributed by atoms with van der Waals surface area (Å²) in [6, 6.07) is 12.1. The molecule has 0 atom stereocenters. The summed E-state index contributed by atoms with van der Waals surface area (Å²) in [6.07, 6.45) is 0. The van der Waals surface area contributed by atoms with Crippen molar-refractivity contribution in [2.75, 3.05) is 5.73 Å². The van der Waals surface area contributed by atoms with E-state index in [4.69, 9.17) is 17.3 Å². The van der Waals surface area contributed by atoms with E-state index >= 15 is 0 Å². The summed E-state index contributed by atoms with van der Waals surface area (Å²) in [4.78, 5) is 1.08. The number of rotatable bonds is 3. The van der Waals surface area contributed by atoms with Crippen LogP contribution in [0.4, 0.5) is 5.69 Å². The van der Waals surface area contributed by atoms with Gasteiger partial charge in [0.05, 0.1) is 0 Å². The van der Waals surface area contributed by atoms with Gasteiger partial charge in [-0.25, -0.2) is 0 Å². The fraction of sp³-hybridized carbons (Fsp3) is 0.143. The number of aryl methyl sites for hydroxylation is 1. The summed E-state index contributed by atoms with van der Waals surface area (Å²) in [5, 5.41) is 0.818. The number of halogens is 2. The van der Waals surface area contributed by atoms with E-state index in [0.717, 1.165) is 31.4 Å². The molecule has 0 aliphatic rings. The maximum Gasteiger partial charge on any atom is 0.0463 e. The van der Waals surface area contributed by atoms with Crippen molar-refractivity contribution in [3.05, 3.63) is 57.0 Å². The lowest BCUT2D eigenvalue weighted by atomic mass is 10.2. The molecular weight excluding hydrogens is 330 g/mol. The number of nitrogens with two attached hydrogens (primary N) is 1. The minimum absolute atomic E-state index is 0.789. The van der Waals surface area contributed by atoms with Gasteiger partial charge in [-0.1, -0.05) is 39.7 Å². The summed E-state index contributed by atoms with van der Waals surface area (Å²) in [6.45, 7) is 2.04. The number of benzene rings is 2. The molecule has 2 rings (SSSR count). The SMILES string of the molecule is Cc1ccc(CSc2ccc(Br)cc2N)c(Cl)c1. The van der Waals surface area contributed by atoms with Crippen LogP contribution in [-0.2, 0) is 5.75 Å². The van der Waals surface area contributed by atoms with Crippen LogP contribution in [0.25, 0.3) is 0 Å². The van der Waals surface area contributed by atoms with Crippen molar-refractivity contribution < 1.29 is 0 Å². The predicted molar refractivity (Wildman–Crippen MR) is 84.3 cm³/mol. The molecule has 0 fully saturated rings. The van der Waals surface area contributed by atoms with Gasteiger partial charge in [0.15, 0.2) is 0 Å². The van der Waals surface area contributed by atoms with Gasteiger partial charge in [0.25, 0.3) is 0 Å². The Morgan fingerprint density at radius 1 is 1.22 bits per heavy atom. The Morgan fingerprint density at radius 3 is 2.67 bits per heavy atom. The Labute approximate surface area is 125 Å². The second-order valence-electron chi connectivity index (χ2n) is 4.07. The first kappa shape index (κ1) is 13.8. The topological polar surface area (TPSA) is 26.0 Å². The molecular formula is C14H13BrClNS. The molecule has 1 nitrogen and oxygen atoms in total. The zero-order chi connectivity index (χ0) is 13.1. The molecule has 0 radical (unpaired) electrons. The van der Waals surface area contributed by atoms with Crippen LogP contribution < -0.4 is 5.73 Å². The smallest absolute Gasteiger partial charge is 0.0463 e. The third-order valence-corrected chi connectivity index (χ3v) is 4.55. The summed E-state index contributed by atoms with van der Waals surface area (Å²) >= 11 is 11.3. The molecule has 94 valence electrons. The highest BCUT2D eigenvalue weighted by atomic mass is 79.9. The summed E-state index contributed by atoms with van der Waals surface area (Å²) in [5.41, 5.74) is 9.06. The van der Waals surface area contributed by atoms with Crippen molar-refractivity contribution in [2.45, 2.75) is 17.6 Å². The zero-order valence-electron chi connectivity index (χ0n) is 9.91. The second-order valence-corrected chi connectivity index (χ2v) is 6.41. The number of thioether (sulfide) groups is 1. The van der Waals surface area contributed by atoms with Gasteiger partial charge in [0, 0.05) is 25.8 Å². The van der Waals surface area contributed by atoms with Gasteiger partial charge in [-0.05, 0) is 42.3 Å². The number of hydrogen-bond acceptors (Lipinski definition) is 2. The van der Waals surface area contributed by atoms with Crippen LogP contribution in [0.5, 0.6) is 0 Å². The first-order valence-electron chi connectivity index (χ1n) is 5.49. The predicted octanol–water partition coefficient (Wildman–Crippen LogP) is 5.29. The van der Waals surface area contributed by atoms with E-state index in [0.29, 0.717) is 0 Å². The largest absolute Gasteiger partial charge is 0.398 e. The Morgan fingerprint density at radius 2 is 2.00 bits per heavy atom. The van der Waals surface area contributed by atoms with Gasteiger partial charge in [-0.2, -0.15) is 0 Å². The van der Waals surface area contributed by atoms with Crippen LogP contribution >= 0.6 is 39.3 Å². The average Bonchev–Trinajstić information content (AvgIpc) is 2.30. The molecule has 2 aromatic rings. The van der Waals surface area contributed by atoms with E-state index in [1.54, 1.807) is 11.8 Å². The molecule has 4 heteroatoms. The normalized spacial score (nSPS) is 10.6. The third kappa shape index (κ3) is 3.44. The molecule has 0 saturated heterocycles. The Balaban J connectivity index is 2.11. The van der Waals surface area contributed by atoms with Crippen molar-refractivity contribution in [1.82, 2.24) is 0 Å². The highest BCUT2D eigenvalue weighted by molar-refractivity contribution is 9.10. The van der Waals surface area contributed by atoms with Gasteiger partial charge in [-0.15, -0.1) is 11.8 Å². The number of anilines is 1. The molecule has 0 saturated carbocycles. The summed E-state index contributed by atoms with van der Waals surface area (Å²) in [5.74, 6) is 0.824. The molecule has 0 bridgehead atoms. The van der Waals surface area contributed by atoms with Crippen molar-refractivity contribution in [1.29, 1.82) is 0 Å². The van der Waals surface area contributed by atoms with E-state index in [9.17, 15) is 0 Å². The fourth-order valence-corrected chi connectivity index (χ4v) is 3.29. The van der Waals surface area contributed by atoms with E-state index in [2.05, 4.69) is 28.1 Å². The Hall–Kier alpha value is -0.640. The lowest BCUT2D eigenvalue weighted by Crippen LogP contribution is -1.89. The lowest BCUT2D eigenvalue weighted by Gasteiger charge is -2.08. The first-order valence-corrected chi connectivity index (χ1v) is 7.65. The second kappa shape index (κ2) is 6.00. The highest BCUT2D eigenvalue weighted by Crippen LogP contribution is 2.32. The first-order chi connectivity index (χ1) is 8.56. The maximum absolute atomic E-state index is 6.21. The standard InChI is InChI=1S/C14H13BrClNS/c1-9-2-3-10(12(16)6-9)8-18-14-5-4-11(15)7-13(14)17/h2-7H,8,17H2,1H3. The monoisotopic (exact) mass is 341 g/mol. The molecule has 0 spiro atoms. The van der Waals surface area contributed by atoms with Gasteiger partial charge < -0.3 is 5.73 Å². The Kier molecular flexibility index (Phi) is 4.60. The minimum atomic E-state index is 0.789. The molecule has 0 amide bonds. The summed E-state index contributed by atoms with van der Waals surface area (Å²) in [7, 11) is 0. The van der Waals surface area contributed by atoms with E-state index < -0.39 is 0 Å². The maximum atomic E-state index is 6.21. The van der Waals surface area contributed by atoms with Gasteiger partial charge >= 0.3 is 0 Å². The Bertz CT molecular complexity index is 520. The molecule has 0 unspecified atom stereocenters. The molecule has 2 N–H and O–H groups in total. The van der Waals surface area contributed by atoms with E-state index in [-0.39, 0.29) is 0 Å². The van der Waals surface area contributed by atoms with Crippen molar-refractivity contribution in [3.8, 4) is 0 Å². The van der Waals surface area contributed by atoms with Crippen LogP contribution in [0.3, 0.4) is 0 Å². The van der Waals surface area contributed by atoms with Gasteiger partial charge in [0.1, 0.15) is 0 Å². The van der Waals surface area contributed by atoms with E-state index in [1.165, 1.54) is 5.56 Å². The molecule has 18 heavy (non-hydrogen) atoms. The van der Waals surface area contributed by atoms with Crippen LogP contribution in [0.1, 0.15) is 11.1 Å². The molecule has 0 heterocycles. The molecule has 0 aromatic heterocycles. The third-order valence-electron chi connectivity index (χ3n) is 2.56. The lowest BCUT2D eigenvalue weighted by molar-refractivity contribution is 1.35. The highest BCUT2D eigenvalue weighted by Gasteiger charge is 2.04. The van der Waals surface area contributed by atoms with E-state index in [1.807, 2.05) is 31.2 Å². The van der Waals surface area contributed by atoms with Crippen molar-refractivity contribution >= 4 is 45.0 Å². The number of hydrogen-bond donors (Lipinski definition) is 1.